The van der Waals surface area contributed by atoms with E-state index in [9.17, 15) is 0 Å². The largest absolute Gasteiger partial charge is 0.298 e. The van der Waals surface area contributed by atoms with E-state index >= 15 is 0 Å². The highest BCUT2D eigenvalue weighted by Crippen LogP contribution is 2.24. The van der Waals surface area contributed by atoms with E-state index in [2.05, 4.69) is 46.8 Å². The molecule has 0 N–H and O–H groups in total. The third-order valence-electron chi connectivity index (χ3n) is 4.63. The Bertz CT molecular complexity index is 432. The number of hydrogen-bond donors (Lipinski definition) is 0. The number of hydrogen-bond acceptors (Lipinski definition) is 3. The van der Waals surface area contributed by atoms with E-state index in [-0.39, 0.29) is 0 Å². The number of aryl methyl sites for hydroxylation is 1. The van der Waals surface area contributed by atoms with E-state index in [1.165, 1.54) is 44.6 Å². The maximum atomic E-state index is 4.65. The molecular formula is C16H25N3. The summed E-state index contributed by atoms with van der Waals surface area (Å²) in [6, 6.07) is 7.80. The molecule has 2 saturated heterocycles. The summed E-state index contributed by atoms with van der Waals surface area (Å²) in [6.07, 6.45) is 4.18. The third kappa shape index (κ3) is 2.98. The van der Waals surface area contributed by atoms with Crippen molar-refractivity contribution >= 4 is 0 Å². The van der Waals surface area contributed by atoms with Gasteiger partial charge in [0.15, 0.2) is 0 Å². The first kappa shape index (κ1) is 13.1. The monoisotopic (exact) mass is 259 g/mol. The zero-order valence-corrected chi connectivity index (χ0v) is 12.2. The predicted octanol–water partition coefficient (Wildman–Crippen LogP) is 2.45. The Morgan fingerprint density at radius 3 is 3.00 bits per heavy atom. The molecule has 19 heavy (non-hydrogen) atoms. The summed E-state index contributed by atoms with van der Waals surface area (Å²) in [7, 11) is 0. The first-order chi connectivity index (χ1) is 9.22. The fourth-order valence-corrected chi connectivity index (χ4v) is 3.53. The molecule has 3 rings (SSSR count). The van der Waals surface area contributed by atoms with Gasteiger partial charge in [0.05, 0.1) is 5.69 Å². The van der Waals surface area contributed by atoms with Gasteiger partial charge in [-0.25, -0.2) is 0 Å². The molecule has 1 aromatic rings. The zero-order chi connectivity index (χ0) is 13.2. The van der Waals surface area contributed by atoms with Gasteiger partial charge in [0.25, 0.3) is 0 Å². The Kier molecular flexibility index (Phi) is 3.85. The Morgan fingerprint density at radius 2 is 2.16 bits per heavy atom. The van der Waals surface area contributed by atoms with Gasteiger partial charge in [0, 0.05) is 37.4 Å². The van der Waals surface area contributed by atoms with Crippen LogP contribution in [-0.2, 0) is 6.54 Å². The molecule has 0 spiro atoms. The average Bonchev–Trinajstić information content (AvgIpc) is 2.40. The molecule has 2 fully saturated rings. The summed E-state index contributed by atoms with van der Waals surface area (Å²) in [6.45, 7) is 9.21. The van der Waals surface area contributed by atoms with Crippen molar-refractivity contribution in [3.05, 3.63) is 29.6 Å². The Hall–Kier alpha value is -0.930. The molecule has 3 nitrogen and oxygen atoms in total. The molecule has 0 aromatic carbocycles. The van der Waals surface area contributed by atoms with E-state index in [0.29, 0.717) is 6.04 Å². The van der Waals surface area contributed by atoms with Crippen molar-refractivity contribution in [3.63, 3.8) is 0 Å². The summed E-state index contributed by atoms with van der Waals surface area (Å²) in [5.41, 5.74) is 2.34. The van der Waals surface area contributed by atoms with Gasteiger partial charge in [-0.3, -0.25) is 14.8 Å². The van der Waals surface area contributed by atoms with Gasteiger partial charge < -0.3 is 0 Å². The average molecular weight is 259 g/mol. The smallest absolute Gasteiger partial charge is 0.0547 e. The molecular weight excluding hydrogens is 234 g/mol. The summed E-state index contributed by atoms with van der Waals surface area (Å²) >= 11 is 0. The molecule has 2 atom stereocenters. The van der Waals surface area contributed by atoms with Crippen LogP contribution in [0.25, 0.3) is 0 Å². The van der Waals surface area contributed by atoms with Crippen LogP contribution in [-0.4, -0.2) is 46.5 Å². The van der Waals surface area contributed by atoms with Crippen molar-refractivity contribution < 1.29 is 0 Å². The summed E-state index contributed by atoms with van der Waals surface area (Å²) in [5.74, 6) is 0. The minimum absolute atomic E-state index is 0.650. The van der Waals surface area contributed by atoms with Crippen molar-refractivity contribution in [2.75, 3.05) is 19.6 Å². The molecule has 0 amide bonds. The molecule has 3 heteroatoms. The van der Waals surface area contributed by atoms with Crippen molar-refractivity contribution in [1.29, 1.82) is 0 Å². The van der Waals surface area contributed by atoms with Crippen molar-refractivity contribution in [2.45, 2.75) is 51.7 Å². The second-order valence-corrected chi connectivity index (χ2v) is 6.19. The van der Waals surface area contributed by atoms with Gasteiger partial charge in [-0.05, 0) is 45.4 Å². The molecule has 0 saturated carbocycles. The second kappa shape index (κ2) is 5.59. The fraction of sp³-hybridized carbons (Fsp3) is 0.688. The van der Waals surface area contributed by atoms with Gasteiger partial charge in [0.1, 0.15) is 0 Å². The first-order valence-corrected chi connectivity index (χ1v) is 7.63. The molecule has 104 valence electrons. The van der Waals surface area contributed by atoms with Gasteiger partial charge >= 0.3 is 0 Å². The lowest BCUT2D eigenvalue weighted by molar-refractivity contribution is 0.0105. The molecule has 2 unspecified atom stereocenters. The molecule has 0 bridgehead atoms. The molecule has 3 heterocycles. The van der Waals surface area contributed by atoms with Crippen LogP contribution >= 0.6 is 0 Å². The molecule has 1 aromatic heterocycles. The van der Waals surface area contributed by atoms with Gasteiger partial charge in [-0.15, -0.1) is 0 Å². The van der Waals surface area contributed by atoms with Crippen LogP contribution < -0.4 is 0 Å². The summed E-state index contributed by atoms with van der Waals surface area (Å²) in [4.78, 5) is 9.97. The Morgan fingerprint density at radius 1 is 1.26 bits per heavy atom. The third-order valence-corrected chi connectivity index (χ3v) is 4.63. The second-order valence-electron chi connectivity index (χ2n) is 6.19. The van der Waals surface area contributed by atoms with Crippen LogP contribution in [0.2, 0.25) is 0 Å². The quantitative estimate of drug-likeness (QED) is 0.813. The maximum absolute atomic E-state index is 4.65. The highest BCUT2D eigenvalue weighted by Gasteiger charge is 2.32. The molecule has 0 radical (unpaired) electrons. The van der Waals surface area contributed by atoms with Gasteiger partial charge in [-0.2, -0.15) is 0 Å². The van der Waals surface area contributed by atoms with Gasteiger partial charge in [-0.1, -0.05) is 12.5 Å². The molecule has 0 aliphatic carbocycles. The number of pyridine rings is 1. The number of piperidine rings is 1. The van der Waals surface area contributed by atoms with Crippen molar-refractivity contribution in [2.24, 2.45) is 0 Å². The van der Waals surface area contributed by atoms with Crippen LogP contribution in [0.4, 0.5) is 0 Å². The van der Waals surface area contributed by atoms with Crippen molar-refractivity contribution in [3.8, 4) is 0 Å². The zero-order valence-electron chi connectivity index (χ0n) is 12.2. The van der Waals surface area contributed by atoms with E-state index < -0.39 is 0 Å². The molecule has 2 aliphatic heterocycles. The Labute approximate surface area is 116 Å². The van der Waals surface area contributed by atoms with Crippen LogP contribution in [0.1, 0.15) is 37.6 Å². The lowest BCUT2D eigenvalue weighted by Crippen LogP contribution is -2.58. The SMILES string of the molecule is Cc1cccc(CN2CC3CCCCN3CC2C)n1. The standard InChI is InChI=1S/C16H25N3/c1-13-6-5-7-15(17-13)11-19-12-16-8-3-4-9-18(16)10-14(19)2/h5-7,14,16H,3-4,8-12H2,1-2H3. The minimum atomic E-state index is 0.650. The predicted molar refractivity (Wildman–Crippen MR) is 78.1 cm³/mol. The summed E-state index contributed by atoms with van der Waals surface area (Å²) in [5, 5.41) is 0. The molecule has 2 aliphatic rings. The van der Waals surface area contributed by atoms with Crippen LogP contribution in [0.15, 0.2) is 18.2 Å². The number of rotatable bonds is 2. The highest BCUT2D eigenvalue weighted by molar-refractivity contribution is 5.10. The van der Waals surface area contributed by atoms with Crippen LogP contribution in [0.5, 0.6) is 0 Å². The number of fused-ring (bicyclic) bond motifs is 1. The van der Waals surface area contributed by atoms with E-state index in [1.54, 1.807) is 0 Å². The van der Waals surface area contributed by atoms with Crippen molar-refractivity contribution in [1.82, 2.24) is 14.8 Å². The maximum Gasteiger partial charge on any atom is 0.0547 e. The highest BCUT2D eigenvalue weighted by atomic mass is 15.3. The normalized spacial score (nSPS) is 29.2. The first-order valence-electron chi connectivity index (χ1n) is 7.63. The van der Waals surface area contributed by atoms with Crippen LogP contribution in [0.3, 0.4) is 0 Å². The lowest BCUT2D eigenvalue weighted by atomic mass is 9.97. The van der Waals surface area contributed by atoms with Gasteiger partial charge in [0.2, 0.25) is 0 Å². The van der Waals surface area contributed by atoms with E-state index in [0.717, 1.165) is 18.3 Å². The fourth-order valence-electron chi connectivity index (χ4n) is 3.53. The van der Waals surface area contributed by atoms with E-state index in [1.807, 2.05) is 0 Å². The minimum Gasteiger partial charge on any atom is -0.298 e. The van der Waals surface area contributed by atoms with E-state index in [4.69, 9.17) is 0 Å². The van der Waals surface area contributed by atoms with Crippen LogP contribution in [0, 0.1) is 6.92 Å². The number of nitrogens with zero attached hydrogens (tertiary/aromatic N) is 3. The Balaban J connectivity index is 1.67. The summed E-state index contributed by atoms with van der Waals surface area (Å²) < 4.78 is 0. The number of piperazine rings is 1. The lowest BCUT2D eigenvalue weighted by Gasteiger charge is -2.47. The number of aromatic nitrogens is 1. The topological polar surface area (TPSA) is 19.4 Å².